The minimum absolute atomic E-state index is 0.118. The standard InChI is InChI=1S/C16H26O3/c1-4-19-16(18)11-6-5-8-14(2)9-7-10-15(3)12-13-17/h6,9,11-12,17H,4-5,7-8,10,13H2,1-3H3/b11-6+,14-9+,15-12+. The van der Waals surface area contributed by atoms with Crippen LogP contribution in [-0.4, -0.2) is 24.3 Å². The van der Waals surface area contributed by atoms with Crippen molar-refractivity contribution in [2.45, 2.75) is 46.5 Å². The smallest absolute Gasteiger partial charge is 0.330 e. The number of aliphatic hydroxyl groups excluding tert-OH is 1. The van der Waals surface area contributed by atoms with Gasteiger partial charge < -0.3 is 9.84 Å². The quantitative estimate of drug-likeness (QED) is 0.394. The molecule has 0 amide bonds. The molecule has 0 saturated heterocycles. The number of ether oxygens (including phenoxy) is 1. The molecule has 0 atom stereocenters. The molecule has 0 aliphatic carbocycles. The monoisotopic (exact) mass is 266 g/mol. The zero-order valence-corrected chi connectivity index (χ0v) is 12.3. The predicted octanol–water partition coefficient (Wildman–Crippen LogP) is 3.55. The van der Waals surface area contributed by atoms with Gasteiger partial charge in [-0.2, -0.15) is 0 Å². The van der Waals surface area contributed by atoms with Crippen molar-refractivity contribution >= 4 is 5.97 Å². The van der Waals surface area contributed by atoms with Crippen LogP contribution in [0.25, 0.3) is 0 Å². The van der Waals surface area contributed by atoms with Crippen molar-refractivity contribution in [1.82, 2.24) is 0 Å². The van der Waals surface area contributed by atoms with E-state index in [-0.39, 0.29) is 12.6 Å². The number of carbonyl (C=O) groups excluding carboxylic acids is 1. The largest absolute Gasteiger partial charge is 0.463 e. The van der Waals surface area contributed by atoms with Crippen molar-refractivity contribution < 1.29 is 14.6 Å². The molecule has 0 spiro atoms. The second-order valence-corrected chi connectivity index (χ2v) is 4.52. The van der Waals surface area contributed by atoms with Gasteiger partial charge in [-0.25, -0.2) is 4.79 Å². The fourth-order valence-electron chi connectivity index (χ4n) is 1.59. The number of carbonyl (C=O) groups is 1. The van der Waals surface area contributed by atoms with E-state index in [4.69, 9.17) is 9.84 Å². The molecule has 19 heavy (non-hydrogen) atoms. The summed E-state index contributed by atoms with van der Waals surface area (Å²) in [5, 5.41) is 8.73. The van der Waals surface area contributed by atoms with Crippen LogP contribution >= 0.6 is 0 Å². The normalized spacial score (nSPS) is 13.1. The van der Waals surface area contributed by atoms with Gasteiger partial charge >= 0.3 is 5.97 Å². The molecule has 0 aliphatic rings. The van der Waals surface area contributed by atoms with E-state index in [1.807, 2.05) is 19.1 Å². The maximum absolute atomic E-state index is 11.0. The van der Waals surface area contributed by atoms with Crippen molar-refractivity contribution in [3.05, 3.63) is 35.5 Å². The van der Waals surface area contributed by atoms with Gasteiger partial charge in [0.2, 0.25) is 0 Å². The Morgan fingerprint density at radius 3 is 2.37 bits per heavy atom. The zero-order valence-electron chi connectivity index (χ0n) is 12.3. The average molecular weight is 266 g/mol. The highest BCUT2D eigenvalue weighted by molar-refractivity contribution is 5.81. The van der Waals surface area contributed by atoms with Crippen LogP contribution in [0.15, 0.2) is 35.5 Å². The second kappa shape index (κ2) is 11.7. The van der Waals surface area contributed by atoms with E-state index in [0.29, 0.717) is 6.61 Å². The summed E-state index contributed by atoms with van der Waals surface area (Å²) in [4.78, 5) is 11.0. The fraction of sp³-hybridized carbons (Fsp3) is 0.562. The third kappa shape index (κ3) is 11.5. The Kier molecular flexibility index (Phi) is 10.9. The first kappa shape index (κ1) is 17.6. The molecule has 0 bridgehead atoms. The van der Waals surface area contributed by atoms with E-state index in [1.54, 1.807) is 6.92 Å². The first-order valence-electron chi connectivity index (χ1n) is 6.85. The van der Waals surface area contributed by atoms with E-state index in [0.717, 1.165) is 25.7 Å². The average Bonchev–Trinajstić information content (AvgIpc) is 2.35. The van der Waals surface area contributed by atoms with Crippen molar-refractivity contribution in [1.29, 1.82) is 0 Å². The van der Waals surface area contributed by atoms with E-state index < -0.39 is 0 Å². The molecule has 0 aliphatic heterocycles. The minimum Gasteiger partial charge on any atom is -0.463 e. The molecule has 0 radical (unpaired) electrons. The number of hydrogen-bond acceptors (Lipinski definition) is 3. The van der Waals surface area contributed by atoms with Gasteiger partial charge in [0.25, 0.3) is 0 Å². The summed E-state index contributed by atoms with van der Waals surface area (Å²) in [6, 6.07) is 0. The summed E-state index contributed by atoms with van der Waals surface area (Å²) in [6.45, 7) is 6.46. The topological polar surface area (TPSA) is 46.5 Å². The van der Waals surface area contributed by atoms with Gasteiger partial charge in [-0.15, -0.1) is 0 Å². The Bertz CT molecular complexity index is 338. The summed E-state index contributed by atoms with van der Waals surface area (Å²) in [7, 11) is 0. The van der Waals surface area contributed by atoms with Gasteiger partial charge in [0, 0.05) is 6.08 Å². The molecule has 1 N–H and O–H groups in total. The molecular weight excluding hydrogens is 240 g/mol. The lowest BCUT2D eigenvalue weighted by Crippen LogP contribution is -1.98. The lowest BCUT2D eigenvalue weighted by atomic mass is 10.1. The van der Waals surface area contributed by atoms with Gasteiger partial charge in [-0.05, 0) is 46.5 Å². The highest BCUT2D eigenvalue weighted by Crippen LogP contribution is 2.10. The SMILES string of the molecule is CCOC(=O)/C=C/CC/C(C)=C/CC/C(C)=C/CO. The van der Waals surface area contributed by atoms with Crippen molar-refractivity contribution in [3.8, 4) is 0 Å². The van der Waals surface area contributed by atoms with E-state index in [1.165, 1.54) is 17.2 Å². The molecule has 0 aromatic rings. The minimum atomic E-state index is -0.270. The maximum Gasteiger partial charge on any atom is 0.330 e. The molecule has 0 rings (SSSR count). The fourth-order valence-corrected chi connectivity index (χ4v) is 1.59. The molecule has 0 saturated carbocycles. The number of hydrogen-bond donors (Lipinski definition) is 1. The first-order valence-corrected chi connectivity index (χ1v) is 6.85. The summed E-state index contributed by atoms with van der Waals surface area (Å²) in [5.41, 5.74) is 2.54. The van der Waals surface area contributed by atoms with Crippen LogP contribution in [0.5, 0.6) is 0 Å². The third-order valence-electron chi connectivity index (χ3n) is 2.72. The van der Waals surface area contributed by atoms with Crippen molar-refractivity contribution in [3.63, 3.8) is 0 Å². The second-order valence-electron chi connectivity index (χ2n) is 4.52. The molecule has 0 unspecified atom stereocenters. The number of rotatable bonds is 9. The Balaban J connectivity index is 3.82. The third-order valence-corrected chi connectivity index (χ3v) is 2.72. The lowest BCUT2D eigenvalue weighted by Gasteiger charge is -2.00. The summed E-state index contributed by atoms with van der Waals surface area (Å²) < 4.78 is 4.80. The number of aliphatic hydroxyl groups is 1. The Morgan fingerprint density at radius 2 is 1.74 bits per heavy atom. The van der Waals surface area contributed by atoms with E-state index >= 15 is 0 Å². The highest BCUT2D eigenvalue weighted by atomic mass is 16.5. The van der Waals surface area contributed by atoms with Gasteiger partial charge in [0.05, 0.1) is 13.2 Å². The predicted molar refractivity (Wildman–Crippen MR) is 78.8 cm³/mol. The zero-order chi connectivity index (χ0) is 14.5. The van der Waals surface area contributed by atoms with Gasteiger partial charge in [-0.1, -0.05) is 29.4 Å². The van der Waals surface area contributed by atoms with Gasteiger partial charge in [0.1, 0.15) is 0 Å². The number of esters is 1. The maximum atomic E-state index is 11.0. The van der Waals surface area contributed by atoms with Crippen LogP contribution in [0, 0.1) is 0 Å². The van der Waals surface area contributed by atoms with Crippen molar-refractivity contribution in [2.24, 2.45) is 0 Å². The Hall–Kier alpha value is -1.35. The molecule has 3 nitrogen and oxygen atoms in total. The van der Waals surface area contributed by atoms with Crippen LogP contribution in [0.3, 0.4) is 0 Å². The van der Waals surface area contributed by atoms with Crippen molar-refractivity contribution in [2.75, 3.05) is 13.2 Å². The van der Waals surface area contributed by atoms with Crippen LogP contribution in [-0.2, 0) is 9.53 Å². The molecule has 0 aromatic carbocycles. The molecule has 108 valence electrons. The molecule has 0 aromatic heterocycles. The first-order chi connectivity index (χ1) is 9.10. The van der Waals surface area contributed by atoms with Crippen LogP contribution < -0.4 is 0 Å². The summed E-state index contributed by atoms with van der Waals surface area (Å²) in [5.74, 6) is -0.270. The van der Waals surface area contributed by atoms with E-state index in [9.17, 15) is 4.79 Å². The number of allylic oxidation sites excluding steroid dienone is 4. The Morgan fingerprint density at radius 1 is 1.11 bits per heavy atom. The Labute approximate surface area is 116 Å². The highest BCUT2D eigenvalue weighted by Gasteiger charge is 1.94. The van der Waals surface area contributed by atoms with Crippen LogP contribution in [0.4, 0.5) is 0 Å². The summed E-state index contributed by atoms with van der Waals surface area (Å²) in [6.07, 6.45) is 11.2. The summed E-state index contributed by atoms with van der Waals surface area (Å²) >= 11 is 0. The van der Waals surface area contributed by atoms with Gasteiger partial charge in [0.15, 0.2) is 0 Å². The molecule has 3 heteroatoms. The molecule has 0 heterocycles. The van der Waals surface area contributed by atoms with Crippen LogP contribution in [0.1, 0.15) is 46.5 Å². The molecular formula is C16H26O3. The van der Waals surface area contributed by atoms with E-state index in [2.05, 4.69) is 13.0 Å². The van der Waals surface area contributed by atoms with Crippen LogP contribution in [0.2, 0.25) is 0 Å². The lowest BCUT2D eigenvalue weighted by molar-refractivity contribution is -0.137. The molecule has 0 fully saturated rings. The van der Waals surface area contributed by atoms with Gasteiger partial charge in [-0.3, -0.25) is 0 Å².